The molecule has 3 saturated heterocycles. The number of piperidine rings is 1. The van der Waals surface area contributed by atoms with Crippen LogP contribution in [0.2, 0.25) is 0 Å². The van der Waals surface area contributed by atoms with Gasteiger partial charge in [-0.15, -0.1) is 0 Å². The highest BCUT2D eigenvalue weighted by Crippen LogP contribution is 2.34. The quantitative estimate of drug-likeness (QED) is 0.893. The Bertz CT molecular complexity index is 612. The zero-order chi connectivity index (χ0) is 16.5. The maximum absolute atomic E-state index is 14.0. The Morgan fingerprint density at radius 2 is 2.08 bits per heavy atom. The molecule has 3 aliphatic heterocycles. The number of anilines is 1. The van der Waals surface area contributed by atoms with E-state index >= 15 is 0 Å². The van der Waals surface area contributed by atoms with Crippen LogP contribution in [0, 0.1) is 5.82 Å². The van der Waals surface area contributed by atoms with Crippen LogP contribution in [0.1, 0.15) is 32.1 Å². The molecular weight excluding hydrogens is 309 g/mol. The number of halogens is 1. The molecule has 0 saturated carbocycles. The van der Waals surface area contributed by atoms with Gasteiger partial charge in [-0.25, -0.2) is 9.18 Å². The van der Waals surface area contributed by atoms with Gasteiger partial charge in [-0.1, -0.05) is 12.1 Å². The fourth-order valence-electron chi connectivity index (χ4n) is 4.21. The molecule has 3 aliphatic rings. The molecule has 2 bridgehead atoms. The Labute approximate surface area is 141 Å². The van der Waals surface area contributed by atoms with Gasteiger partial charge in [0.05, 0.1) is 23.9 Å². The molecule has 24 heavy (non-hydrogen) atoms. The molecule has 0 aliphatic carbocycles. The molecule has 0 aromatic heterocycles. The van der Waals surface area contributed by atoms with E-state index in [0.717, 1.165) is 38.6 Å². The topological polar surface area (TPSA) is 53.6 Å². The van der Waals surface area contributed by atoms with Gasteiger partial charge in [0.1, 0.15) is 5.82 Å². The molecule has 3 heterocycles. The van der Waals surface area contributed by atoms with Crippen LogP contribution in [-0.4, -0.2) is 43.4 Å². The highest BCUT2D eigenvalue weighted by molar-refractivity contribution is 5.75. The molecule has 1 aromatic carbocycles. The fraction of sp³-hybridized carbons (Fsp3) is 0.611. The number of para-hydroxylation sites is 1. The van der Waals surface area contributed by atoms with Crippen molar-refractivity contribution in [3.8, 4) is 0 Å². The van der Waals surface area contributed by atoms with E-state index in [1.54, 1.807) is 12.1 Å². The summed E-state index contributed by atoms with van der Waals surface area (Å²) < 4.78 is 19.7. The molecule has 2 amide bonds. The number of hydrogen-bond acceptors (Lipinski definition) is 3. The van der Waals surface area contributed by atoms with E-state index in [2.05, 4.69) is 10.6 Å². The molecule has 5 nitrogen and oxygen atoms in total. The van der Waals surface area contributed by atoms with Crippen molar-refractivity contribution in [2.24, 2.45) is 0 Å². The third kappa shape index (κ3) is 3.20. The molecule has 0 radical (unpaired) electrons. The van der Waals surface area contributed by atoms with E-state index in [0.29, 0.717) is 18.3 Å². The predicted molar refractivity (Wildman–Crippen MR) is 89.6 cm³/mol. The molecule has 0 spiro atoms. The zero-order valence-electron chi connectivity index (χ0n) is 13.7. The van der Waals surface area contributed by atoms with Crippen molar-refractivity contribution in [3.05, 3.63) is 30.1 Å². The van der Waals surface area contributed by atoms with E-state index in [1.165, 1.54) is 6.07 Å². The molecule has 3 fully saturated rings. The zero-order valence-corrected chi connectivity index (χ0v) is 13.7. The number of nitrogens with zero attached hydrogens (tertiary/aromatic N) is 1. The van der Waals surface area contributed by atoms with E-state index < -0.39 is 0 Å². The number of carbonyl (C=O) groups is 1. The van der Waals surface area contributed by atoms with Gasteiger partial charge in [0, 0.05) is 19.1 Å². The van der Waals surface area contributed by atoms with E-state index in [9.17, 15) is 9.18 Å². The summed E-state index contributed by atoms with van der Waals surface area (Å²) in [6, 6.07) is 6.86. The van der Waals surface area contributed by atoms with Crippen molar-refractivity contribution in [3.63, 3.8) is 0 Å². The van der Waals surface area contributed by atoms with Gasteiger partial charge < -0.3 is 20.3 Å². The second-order valence-corrected chi connectivity index (χ2v) is 7.07. The van der Waals surface area contributed by atoms with Crippen molar-refractivity contribution in [1.82, 2.24) is 10.6 Å². The first-order valence-electron chi connectivity index (χ1n) is 8.91. The first-order chi connectivity index (χ1) is 11.7. The van der Waals surface area contributed by atoms with Gasteiger partial charge in [-0.2, -0.15) is 0 Å². The molecule has 130 valence electrons. The van der Waals surface area contributed by atoms with Crippen molar-refractivity contribution >= 4 is 11.7 Å². The third-order valence-corrected chi connectivity index (χ3v) is 5.37. The third-order valence-electron chi connectivity index (χ3n) is 5.37. The molecule has 0 unspecified atom stereocenters. The van der Waals surface area contributed by atoms with Crippen molar-refractivity contribution in [2.45, 2.75) is 56.4 Å². The Balaban J connectivity index is 1.31. The maximum atomic E-state index is 14.0. The Morgan fingerprint density at radius 3 is 2.83 bits per heavy atom. The van der Waals surface area contributed by atoms with E-state index in [1.807, 2.05) is 11.0 Å². The predicted octanol–water partition coefficient (Wildman–Crippen LogP) is 2.41. The van der Waals surface area contributed by atoms with Crippen LogP contribution in [0.15, 0.2) is 24.3 Å². The van der Waals surface area contributed by atoms with Crippen LogP contribution in [0.3, 0.4) is 0 Å². The van der Waals surface area contributed by atoms with Crippen molar-refractivity contribution in [2.75, 3.05) is 18.0 Å². The SMILES string of the molecule is O=C(N[C@@H]1CCCN(c2ccccc2F)C1)N[C@H]1C[C@@H]2CC[C@@H]1O2. The highest BCUT2D eigenvalue weighted by Gasteiger charge is 2.41. The molecule has 4 atom stereocenters. The van der Waals surface area contributed by atoms with Crippen LogP contribution >= 0.6 is 0 Å². The van der Waals surface area contributed by atoms with E-state index in [-0.39, 0.29) is 30.0 Å². The summed E-state index contributed by atoms with van der Waals surface area (Å²) in [6.07, 6.45) is 5.45. The minimum atomic E-state index is -0.207. The number of benzene rings is 1. The summed E-state index contributed by atoms with van der Waals surface area (Å²) in [7, 11) is 0. The van der Waals surface area contributed by atoms with Crippen LogP contribution in [-0.2, 0) is 4.74 Å². The van der Waals surface area contributed by atoms with Gasteiger partial charge in [-0.05, 0) is 44.2 Å². The average molecular weight is 333 g/mol. The van der Waals surface area contributed by atoms with Crippen molar-refractivity contribution < 1.29 is 13.9 Å². The molecule has 2 N–H and O–H groups in total. The van der Waals surface area contributed by atoms with Crippen LogP contribution in [0.4, 0.5) is 14.9 Å². The lowest BCUT2D eigenvalue weighted by molar-refractivity contribution is 0.0980. The van der Waals surface area contributed by atoms with E-state index in [4.69, 9.17) is 4.74 Å². The summed E-state index contributed by atoms with van der Waals surface area (Å²) in [6.45, 7) is 1.46. The largest absolute Gasteiger partial charge is 0.373 e. The second-order valence-electron chi connectivity index (χ2n) is 7.07. The normalized spacial score (nSPS) is 32.0. The first-order valence-corrected chi connectivity index (χ1v) is 8.91. The van der Waals surface area contributed by atoms with Crippen LogP contribution in [0.25, 0.3) is 0 Å². The smallest absolute Gasteiger partial charge is 0.315 e. The summed E-state index contributed by atoms with van der Waals surface area (Å²) in [5, 5.41) is 6.11. The number of nitrogens with one attached hydrogen (secondary N) is 2. The lowest BCUT2D eigenvalue weighted by Crippen LogP contribution is -2.53. The standard InChI is InChI=1S/C18H24FN3O2/c19-14-5-1-2-6-16(14)22-9-3-4-12(11-22)20-18(23)21-15-10-13-7-8-17(15)24-13/h1-2,5-6,12-13,15,17H,3-4,7-11H2,(H2,20,21,23)/t12-,13+,15+,17+/m1/s1. The second kappa shape index (κ2) is 6.59. The van der Waals surface area contributed by atoms with Gasteiger partial charge in [-0.3, -0.25) is 0 Å². The lowest BCUT2D eigenvalue weighted by Gasteiger charge is -2.35. The van der Waals surface area contributed by atoms with Crippen LogP contribution in [0.5, 0.6) is 0 Å². The number of urea groups is 1. The molecular formula is C18H24FN3O2. The number of rotatable bonds is 3. The summed E-state index contributed by atoms with van der Waals surface area (Å²) in [5.74, 6) is -0.207. The number of fused-ring (bicyclic) bond motifs is 2. The number of amides is 2. The monoisotopic (exact) mass is 333 g/mol. The highest BCUT2D eigenvalue weighted by atomic mass is 19.1. The Hall–Kier alpha value is -1.82. The maximum Gasteiger partial charge on any atom is 0.315 e. The van der Waals surface area contributed by atoms with Gasteiger partial charge in [0.25, 0.3) is 0 Å². The van der Waals surface area contributed by atoms with Crippen molar-refractivity contribution in [1.29, 1.82) is 0 Å². The Kier molecular flexibility index (Phi) is 4.31. The molecule has 4 rings (SSSR count). The minimum Gasteiger partial charge on any atom is -0.373 e. The van der Waals surface area contributed by atoms with Gasteiger partial charge in [0.15, 0.2) is 0 Å². The number of ether oxygens (including phenoxy) is 1. The van der Waals surface area contributed by atoms with Gasteiger partial charge >= 0.3 is 6.03 Å². The van der Waals surface area contributed by atoms with Crippen LogP contribution < -0.4 is 15.5 Å². The number of hydrogen-bond donors (Lipinski definition) is 2. The minimum absolute atomic E-state index is 0.0397. The summed E-state index contributed by atoms with van der Waals surface area (Å²) >= 11 is 0. The first kappa shape index (κ1) is 15.7. The Morgan fingerprint density at radius 1 is 1.21 bits per heavy atom. The molecule has 6 heteroatoms. The molecule has 1 aromatic rings. The fourth-order valence-corrected chi connectivity index (χ4v) is 4.21. The number of carbonyl (C=O) groups excluding carboxylic acids is 1. The summed E-state index contributed by atoms with van der Waals surface area (Å²) in [4.78, 5) is 14.3. The van der Waals surface area contributed by atoms with Gasteiger partial charge in [0.2, 0.25) is 0 Å². The average Bonchev–Trinajstić information content (AvgIpc) is 3.18. The summed E-state index contributed by atoms with van der Waals surface area (Å²) in [5.41, 5.74) is 0.617. The lowest BCUT2D eigenvalue weighted by atomic mass is 9.96.